The number of hydrogen-bond acceptors (Lipinski definition) is 5. The van der Waals surface area contributed by atoms with Crippen LogP contribution in [0.2, 0.25) is 5.15 Å². The van der Waals surface area contributed by atoms with Gasteiger partial charge >= 0.3 is 5.69 Å². The first-order valence-corrected chi connectivity index (χ1v) is 6.73. The van der Waals surface area contributed by atoms with Crippen LogP contribution in [-0.2, 0) is 0 Å². The van der Waals surface area contributed by atoms with Gasteiger partial charge in [-0.25, -0.2) is 4.98 Å². The monoisotopic (exact) mass is 286 g/mol. The van der Waals surface area contributed by atoms with Gasteiger partial charge in [0.2, 0.25) is 5.82 Å². The molecule has 7 heteroatoms. The van der Waals surface area contributed by atoms with Crippen LogP contribution in [0.25, 0.3) is 0 Å². The zero-order chi connectivity index (χ0) is 14.3. The van der Waals surface area contributed by atoms with Gasteiger partial charge in [0, 0.05) is 12.6 Å². The van der Waals surface area contributed by atoms with Crippen molar-refractivity contribution in [2.75, 3.05) is 31.5 Å². The summed E-state index contributed by atoms with van der Waals surface area (Å²) in [7, 11) is 0. The molecule has 0 radical (unpaired) electrons. The highest BCUT2D eigenvalue weighted by atomic mass is 35.5. The minimum absolute atomic E-state index is 0.0489. The molecule has 0 unspecified atom stereocenters. The number of nitro groups is 1. The van der Waals surface area contributed by atoms with Gasteiger partial charge in [-0.1, -0.05) is 25.4 Å². The van der Waals surface area contributed by atoms with Crippen LogP contribution in [0.3, 0.4) is 0 Å². The van der Waals surface area contributed by atoms with Crippen LogP contribution in [0, 0.1) is 10.1 Å². The van der Waals surface area contributed by atoms with E-state index in [4.69, 9.17) is 11.6 Å². The largest absolute Gasteiger partial charge is 0.364 e. The number of aromatic nitrogens is 1. The Morgan fingerprint density at radius 1 is 1.42 bits per heavy atom. The van der Waals surface area contributed by atoms with E-state index in [1.807, 2.05) is 0 Å². The molecular weight excluding hydrogens is 268 g/mol. The molecule has 0 saturated heterocycles. The van der Waals surface area contributed by atoms with Gasteiger partial charge in [0.25, 0.3) is 0 Å². The van der Waals surface area contributed by atoms with Crippen LogP contribution in [0.15, 0.2) is 12.1 Å². The molecular formula is C12H19ClN4O2. The topological polar surface area (TPSA) is 71.3 Å². The lowest BCUT2D eigenvalue weighted by molar-refractivity contribution is -0.384. The molecule has 1 heterocycles. The molecule has 19 heavy (non-hydrogen) atoms. The van der Waals surface area contributed by atoms with Crippen molar-refractivity contribution in [2.45, 2.75) is 20.3 Å². The molecule has 0 saturated carbocycles. The Labute approximate surface area is 117 Å². The second-order valence-electron chi connectivity index (χ2n) is 4.07. The van der Waals surface area contributed by atoms with Crippen molar-refractivity contribution < 1.29 is 4.92 Å². The normalized spacial score (nSPS) is 10.7. The Hall–Kier alpha value is -1.40. The molecule has 106 valence electrons. The lowest BCUT2D eigenvalue weighted by Gasteiger charge is -2.17. The summed E-state index contributed by atoms with van der Waals surface area (Å²) in [4.78, 5) is 16.6. The Bertz CT molecular complexity index is 424. The molecule has 6 nitrogen and oxygen atoms in total. The summed E-state index contributed by atoms with van der Waals surface area (Å²) in [5.41, 5.74) is -0.0489. The van der Waals surface area contributed by atoms with Gasteiger partial charge < -0.3 is 10.2 Å². The molecule has 0 aromatic carbocycles. The van der Waals surface area contributed by atoms with Gasteiger partial charge in [0.05, 0.1) is 4.92 Å². The zero-order valence-corrected chi connectivity index (χ0v) is 12.0. The first-order chi connectivity index (χ1) is 9.08. The molecule has 0 amide bonds. The van der Waals surface area contributed by atoms with Crippen LogP contribution in [0.1, 0.15) is 20.3 Å². The lowest BCUT2D eigenvalue weighted by atomic mass is 10.3. The Balaban J connectivity index is 2.53. The average molecular weight is 287 g/mol. The fourth-order valence-corrected chi connectivity index (χ4v) is 1.90. The van der Waals surface area contributed by atoms with Gasteiger partial charge in [0.15, 0.2) is 0 Å². The van der Waals surface area contributed by atoms with Gasteiger partial charge in [-0.2, -0.15) is 0 Å². The second-order valence-corrected chi connectivity index (χ2v) is 4.45. The van der Waals surface area contributed by atoms with Gasteiger partial charge in [-0.05, 0) is 32.1 Å². The molecule has 1 aromatic rings. The van der Waals surface area contributed by atoms with Crippen LogP contribution in [0.5, 0.6) is 0 Å². The van der Waals surface area contributed by atoms with Crippen molar-refractivity contribution in [3.8, 4) is 0 Å². The molecule has 0 spiro atoms. The summed E-state index contributed by atoms with van der Waals surface area (Å²) in [6.45, 7) is 7.82. The molecule has 0 fully saturated rings. The summed E-state index contributed by atoms with van der Waals surface area (Å²) in [5, 5.41) is 14.1. The number of pyridine rings is 1. The van der Waals surface area contributed by atoms with Gasteiger partial charge in [-0.3, -0.25) is 10.1 Å². The highest BCUT2D eigenvalue weighted by Crippen LogP contribution is 2.23. The fourth-order valence-electron chi connectivity index (χ4n) is 1.75. The molecule has 1 N–H and O–H groups in total. The van der Waals surface area contributed by atoms with Crippen molar-refractivity contribution in [1.82, 2.24) is 9.88 Å². The number of nitrogens with one attached hydrogen (secondary N) is 1. The minimum Gasteiger partial charge on any atom is -0.364 e. The minimum atomic E-state index is -0.462. The van der Waals surface area contributed by atoms with Crippen molar-refractivity contribution in [2.24, 2.45) is 0 Å². The summed E-state index contributed by atoms with van der Waals surface area (Å²) in [6.07, 6.45) is 0.896. The second kappa shape index (κ2) is 7.91. The predicted octanol–water partition coefficient (Wildman–Crippen LogP) is 2.79. The summed E-state index contributed by atoms with van der Waals surface area (Å²) >= 11 is 5.75. The third-order valence-corrected chi connectivity index (χ3v) is 3.09. The summed E-state index contributed by atoms with van der Waals surface area (Å²) in [6, 6.07) is 2.78. The van der Waals surface area contributed by atoms with Crippen LogP contribution in [0.4, 0.5) is 11.5 Å². The van der Waals surface area contributed by atoms with Gasteiger partial charge in [-0.15, -0.1) is 0 Å². The Morgan fingerprint density at radius 3 is 2.68 bits per heavy atom. The van der Waals surface area contributed by atoms with E-state index < -0.39 is 4.92 Å². The molecule has 0 atom stereocenters. The van der Waals surface area contributed by atoms with Gasteiger partial charge in [0.1, 0.15) is 5.15 Å². The zero-order valence-electron chi connectivity index (χ0n) is 11.2. The molecule has 0 aliphatic rings. The van der Waals surface area contributed by atoms with E-state index in [9.17, 15) is 10.1 Å². The highest BCUT2D eigenvalue weighted by molar-refractivity contribution is 6.29. The highest BCUT2D eigenvalue weighted by Gasteiger charge is 2.15. The number of halogens is 1. The molecule has 1 rings (SSSR count). The van der Waals surface area contributed by atoms with E-state index in [2.05, 4.69) is 29.0 Å². The van der Waals surface area contributed by atoms with E-state index >= 15 is 0 Å². The smallest absolute Gasteiger partial charge is 0.311 e. The average Bonchev–Trinajstić information content (AvgIpc) is 2.38. The van der Waals surface area contributed by atoms with Crippen molar-refractivity contribution in [3.05, 3.63) is 27.4 Å². The molecule has 0 aliphatic carbocycles. The number of hydrogen-bond donors (Lipinski definition) is 1. The first-order valence-electron chi connectivity index (χ1n) is 6.35. The van der Waals surface area contributed by atoms with Crippen molar-refractivity contribution >= 4 is 23.1 Å². The van der Waals surface area contributed by atoms with Crippen molar-refractivity contribution in [1.29, 1.82) is 0 Å². The Kier molecular flexibility index (Phi) is 6.52. The van der Waals surface area contributed by atoms with E-state index in [1.165, 1.54) is 12.1 Å². The fraction of sp³-hybridized carbons (Fsp3) is 0.583. The molecule has 0 aliphatic heterocycles. The first kappa shape index (κ1) is 15.7. The van der Waals surface area contributed by atoms with E-state index in [0.29, 0.717) is 6.54 Å². The number of nitrogens with zero attached hydrogens (tertiary/aromatic N) is 3. The van der Waals surface area contributed by atoms with Crippen LogP contribution >= 0.6 is 11.6 Å². The van der Waals surface area contributed by atoms with E-state index in [1.54, 1.807) is 0 Å². The molecule has 1 aromatic heterocycles. The van der Waals surface area contributed by atoms with E-state index in [-0.39, 0.29) is 16.7 Å². The third-order valence-electron chi connectivity index (χ3n) is 2.87. The third kappa shape index (κ3) is 5.00. The summed E-state index contributed by atoms with van der Waals surface area (Å²) < 4.78 is 0. The number of anilines is 1. The quantitative estimate of drug-likeness (QED) is 0.344. The maximum absolute atomic E-state index is 10.8. The maximum atomic E-state index is 10.8. The molecule has 0 bridgehead atoms. The van der Waals surface area contributed by atoms with E-state index in [0.717, 1.165) is 26.1 Å². The predicted molar refractivity (Wildman–Crippen MR) is 76.8 cm³/mol. The SMILES string of the molecule is CCN(CC)CCCNc1nc(Cl)ccc1[N+](=O)[O-]. The standard InChI is InChI=1S/C12H19ClN4O2/c1-3-16(4-2)9-5-8-14-12-10(17(18)19)6-7-11(13)15-12/h6-7H,3-5,8-9H2,1-2H3,(H,14,15). The summed E-state index contributed by atoms with van der Waals surface area (Å²) in [5.74, 6) is 0.233. The van der Waals surface area contributed by atoms with Crippen molar-refractivity contribution in [3.63, 3.8) is 0 Å². The lowest BCUT2D eigenvalue weighted by Crippen LogP contribution is -2.25. The van der Waals surface area contributed by atoms with Crippen LogP contribution in [-0.4, -0.2) is 41.0 Å². The maximum Gasteiger partial charge on any atom is 0.311 e. The number of rotatable bonds is 8. The Morgan fingerprint density at radius 2 is 2.11 bits per heavy atom. The van der Waals surface area contributed by atoms with Crippen LogP contribution < -0.4 is 5.32 Å².